The lowest BCUT2D eigenvalue weighted by Crippen LogP contribution is -2.07. The maximum atomic E-state index is 5.49. The predicted octanol–water partition coefficient (Wildman–Crippen LogP) is 0.732. The lowest BCUT2D eigenvalue weighted by Gasteiger charge is -2.04. The van der Waals surface area contributed by atoms with E-state index >= 15 is 0 Å². The van der Waals surface area contributed by atoms with Crippen molar-refractivity contribution in [1.29, 1.82) is 0 Å². The van der Waals surface area contributed by atoms with Gasteiger partial charge in [0.1, 0.15) is 5.82 Å². The van der Waals surface area contributed by atoms with Gasteiger partial charge in [-0.25, -0.2) is 9.97 Å². The Labute approximate surface area is 72.0 Å². The molecule has 0 fully saturated rings. The van der Waals surface area contributed by atoms with Crippen molar-refractivity contribution in [2.45, 2.75) is 32.7 Å². The molecule has 0 aliphatic heterocycles. The molecule has 1 heterocycles. The minimum absolute atomic E-state index is 0.452. The number of rotatable bonds is 1. The van der Waals surface area contributed by atoms with Gasteiger partial charge in [-0.15, -0.1) is 0 Å². The fourth-order valence-corrected chi connectivity index (χ4v) is 1.77. The van der Waals surface area contributed by atoms with Crippen molar-refractivity contribution in [3.05, 3.63) is 22.8 Å². The summed E-state index contributed by atoms with van der Waals surface area (Å²) in [6.45, 7) is 2.50. The van der Waals surface area contributed by atoms with Crippen LogP contribution in [-0.2, 0) is 19.4 Å². The Balaban J connectivity index is 2.51. The Morgan fingerprint density at radius 2 is 2.17 bits per heavy atom. The monoisotopic (exact) mass is 163 g/mol. The first kappa shape index (κ1) is 7.68. The van der Waals surface area contributed by atoms with Gasteiger partial charge in [0.2, 0.25) is 0 Å². The van der Waals surface area contributed by atoms with E-state index < -0.39 is 0 Å². The summed E-state index contributed by atoms with van der Waals surface area (Å²) in [7, 11) is 0. The molecule has 0 spiro atoms. The van der Waals surface area contributed by atoms with Gasteiger partial charge in [-0.1, -0.05) is 0 Å². The third-order valence-electron chi connectivity index (χ3n) is 2.37. The van der Waals surface area contributed by atoms with Crippen LogP contribution in [0.2, 0.25) is 0 Å². The van der Waals surface area contributed by atoms with Crippen LogP contribution in [0.1, 0.15) is 29.2 Å². The average Bonchev–Trinajstić information content (AvgIpc) is 2.52. The lowest BCUT2D eigenvalue weighted by molar-refractivity contribution is 0.854. The van der Waals surface area contributed by atoms with Gasteiger partial charge in [-0.3, -0.25) is 0 Å². The Morgan fingerprint density at radius 1 is 1.33 bits per heavy atom. The number of nitrogens with zero attached hydrogens (tertiary/aromatic N) is 2. The van der Waals surface area contributed by atoms with E-state index in [1.54, 1.807) is 0 Å². The van der Waals surface area contributed by atoms with Crippen LogP contribution in [0.3, 0.4) is 0 Å². The van der Waals surface area contributed by atoms with Crippen LogP contribution in [0.5, 0.6) is 0 Å². The van der Waals surface area contributed by atoms with Crippen molar-refractivity contribution in [2.75, 3.05) is 0 Å². The smallest absolute Gasteiger partial charge is 0.142 e. The maximum Gasteiger partial charge on any atom is 0.142 e. The van der Waals surface area contributed by atoms with Crippen molar-refractivity contribution in [3.8, 4) is 0 Å². The Kier molecular flexibility index (Phi) is 1.81. The Morgan fingerprint density at radius 3 is 2.92 bits per heavy atom. The van der Waals surface area contributed by atoms with Crippen LogP contribution in [0.15, 0.2) is 0 Å². The molecule has 1 aromatic rings. The summed E-state index contributed by atoms with van der Waals surface area (Å²) in [6, 6.07) is 0. The minimum Gasteiger partial charge on any atom is -0.324 e. The number of nitrogens with two attached hydrogens (primary N) is 1. The molecule has 0 bridgehead atoms. The van der Waals surface area contributed by atoms with E-state index in [2.05, 4.69) is 9.97 Å². The molecule has 1 aliphatic carbocycles. The summed E-state index contributed by atoms with van der Waals surface area (Å²) in [5.74, 6) is 0.785. The van der Waals surface area contributed by atoms with Gasteiger partial charge in [-0.05, 0) is 31.7 Å². The molecule has 0 radical (unpaired) electrons. The van der Waals surface area contributed by atoms with E-state index in [0.717, 1.165) is 24.4 Å². The number of fused-ring (bicyclic) bond motifs is 1. The molecule has 0 amide bonds. The standard InChI is InChI=1S/C9H13N3/c1-6-7-3-2-4-8(7)12-9(5-10)11-6/h2-5,10H2,1H3. The molecule has 1 aromatic heterocycles. The normalized spacial score (nSPS) is 14.8. The Hall–Kier alpha value is -0.960. The molecule has 0 atom stereocenters. The van der Waals surface area contributed by atoms with Gasteiger partial charge in [0.05, 0.1) is 6.54 Å². The van der Waals surface area contributed by atoms with Crippen LogP contribution in [0.4, 0.5) is 0 Å². The molecule has 0 aromatic carbocycles. The van der Waals surface area contributed by atoms with Gasteiger partial charge in [-0.2, -0.15) is 0 Å². The highest BCUT2D eigenvalue weighted by molar-refractivity contribution is 5.29. The third kappa shape index (κ3) is 1.10. The van der Waals surface area contributed by atoms with Crippen molar-refractivity contribution < 1.29 is 0 Å². The molecule has 3 nitrogen and oxygen atoms in total. The van der Waals surface area contributed by atoms with Crippen molar-refractivity contribution in [3.63, 3.8) is 0 Å². The number of aryl methyl sites for hydroxylation is 2. The average molecular weight is 163 g/mol. The molecular formula is C9H13N3. The first-order valence-corrected chi connectivity index (χ1v) is 4.36. The second kappa shape index (κ2) is 2.83. The lowest BCUT2D eigenvalue weighted by atomic mass is 10.2. The van der Waals surface area contributed by atoms with E-state index in [9.17, 15) is 0 Å². The van der Waals surface area contributed by atoms with E-state index in [-0.39, 0.29) is 0 Å². The quantitative estimate of drug-likeness (QED) is 0.664. The molecular weight excluding hydrogens is 150 g/mol. The number of hydrogen-bond donors (Lipinski definition) is 1. The molecule has 2 N–H and O–H groups in total. The molecule has 2 rings (SSSR count). The molecule has 3 heteroatoms. The summed E-state index contributed by atoms with van der Waals surface area (Å²) in [5.41, 5.74) is 9.19. The van der Waals surface area contributed by atoms with Crippen LogP contribution in [-0.4, -0.2) is 9.97 Å². The molecule has 0 saturated heterocycles. The highest BCUT2D eigenvalue weighted by Gasteiger charge is 2.15. The SMILES string of the molecule is Cc1nc(CN)nc2c1CCC2. The molecule has 12 heavy (non-hydrogen) atoms. The minimum atomic E-state index is 0.452. The summed E-state index contributed by atoms with van der Waals surface area (Å²) < 4.78 is 0. The predicted molar refractivity (Wildman–Crippen MR) is 46.7 cm³/mol. The van der Waals surface area contributed by atoms with Crippen LogP contribution in [0.25, 0.3) is 0 Å². The fraction of sp³-hybridized carbons (Fsp3) is 0.556. The zero-order chi connectivity index (χ0) is 8.55. The van der Waals surface area contributed by atoms with Gasteiger partial charge < -0.3 is 5.73 Å². The van der Waals surface area contributed by atoms with Gasteiger partial charge in [0, 0.05) is 11.4 Å². The zero-order valence-corrected chi connectivity index (χ0v) is 7.30. The highest BCUT2D eigenvalue weighted by atomic mass is 14.9. The van der Waals surface area contributed by atoms with Crippen LogP contribution >= 0.6 is 0 Å². The molecule has 0 unspecified atom stereocenters. The first-order chi connectivity index (χ1) is 5.81. The van der Waals surface area contributed by atoms with E-state index in [4.69, 9.17) is 5.73 Å². The van der Waals surface area contributed by atoms with Crippen molar-refractivity contribution >= 4 is 0 Å². The third-order valence-corrected chi connectivity index (χ3v) is 2.37. The van der Waals surface area contributed by atoms with Gasteiger partial charge >= 0.3 is 0 Å². The second-order valence-electron chi connectivity index (χ2n) is 3.21. The van der Waals surface area contributed by atoms with Crippen molar-refractivity contribution in [2.24, 2.45) is 5.73 Å². The molecule has 64 valence electrons. The second-order valence-corrected chi connectivity index (χ2v) is 3.21. The van der Waals surface area contributed by atoms with E-state index in [1.807, 2.05) is 6.92 Å². The van der Waals surface area contributed by atoms with Crippen LogP contribution in [0, 0.1) is 6.92 Å². The number of aromatic nitrogens is 2. The largest absolute Gasteiger partial charge is 0.324 e. The van der Waals surface area contributed by atoms with Gasteiger partial charge in [0.25, 0.3) is 0 Å². The highest BCUT2D eigenvalue weighted by Crippen LogP contribution is 2.21. The zero-order valence-electron chi connectivity index (χ0n) is 7.30. The van der Waals surface area contributed by atoms with E-state index in [0.29, 0.717) is 6.54 Å². The maximum absolute atomic E-state index is 5.49. The molecule has 1 aliphatic rings. The fourth-order valence-electron chi connectivity index (χ4n) is 1.77. The number of hydrogen-bond acceptors (Lipinski definition) is 3. The first-order valence-electron chi connectivity index (χ1n) is 4.36. The summed E-state index contributed by atoms with van der Waals surface area (Å²) >= 11 is 0. The summed E-state index contributed by atoms with van der Waals surface area (Å²) in [4.78, 5) is 8.72. The van der Waals surface area contributed by atoms with Crippen LogP contribution < -0.4 is 5.73 Å². The summed E-state index contributed by atoms with van der Waals surface area (Å²) in [6.07, 6.45) is 3.47. The summed E-state index contributed by atoms with van der Waals surface area (Å²) in [5, 5.41) is 0. The van der Waals surface area contributed by atoms with Gasteiger partial charge in [0.15, 0.2) is 0 Å². The van der Waals surface area contributed by atoms with E-state index in [1.165, 1.54) is 17.7 Å². The van der Waals surface area contributed by atoms with Crippen molar-refractivity contribution in [1.82, 2.24) is 9.97 Å². The molecule has 0 saturated carbocycles. The topological polar surface area (TPSA) is 51.8 Å². The Bertz CT molecular complexity index is 307.